The third kappa shape index (κ3) is 5.37. The van der Waals surface area contributed by atoms with Crippen LogP contribution in [0, 0.1) is 0 Å². The van der Waals surface area contributed by atoms with E-state index >= 15 is 0 Å². The van der Waals surface area contributed by atoms with Crippen LogP contribution in [0.2, 0.25) is 0 Å². The second-order valence-electron chi connectivity index (χ2n) is 5.22. The number of rotatable bonds is 6. The van der Waals surface area contributed by atoms with Crippen molar-refractivity contribution in [3.8, 4) is 5.88 Å². The van der Waals surface area contributed by atoms with Gasteiger partial charge >= 0.3 is 6.18 Å². The van der Waals surface area contributed by atoms with Crippen LogP contribution in [-0.4, -0.2) is 40.1 Å². The van der Waals surface area contributed by atoms with Crippen molar-refractivity contribution in [3.63, 3.8) is 0 Å². The summed E-state index contributed by atoms with van der Waals surface area (Å²) in [6.07, 6.45) is -4.57. The molecular weight excluding hydrogens is 285 g/mol. The number of hydrogen-bond acceptors (Lipinski definition) is 5. The second kappa shape index (κ2) is 6.93. The minimum atomic E-state index is -4.57. The number of hydrogen-bond donors (Lipinski definition) is 1. The second-order valence-corrected chi connectivity index (χ2v) is 5.22. The lowest BCUT2D eigenvalue weighted by atomic mass is 10.2. The topological polar surface area (TPSA) is 64.3 Å². The van der Waals surface area contributed by atoms with Crippen molar-refractivity contribution in [3.05, 3.63) is 11.8 Å². The summed E-state index contributed by atoms with van der Waals surface area (Å²) in [6.45, 7) is 8.99. The summed E-state index contributed by atoms with van der Waals surface area (Å²) in [4.78, 5) is 8.98. The van der Waals surface area contributed by atoms with Gasteiger partial charge in [-0.3, -0.25) is 4.90 Å². The standard InChI is InChI=1S/C13H21F3N4O/c1-8(2)20(9(3)4)5-6-21-11-7-10(13(14,15)16)18-12(17)19-11/h7-9H,5-6H2,1-4H3,(H2,17,18,19). The molecule has 1 heterocycles. The van der Waals surface area contributed by atoms with Crippen LogP contribution in [0.4, 0.5) is 19.1 Å². The van der Waals surface area contributed by atoms with Gasteiger partial charge in [0.25, 0.3) is 0 Å². The van der Waals surface area contributed by atoms with E-state index in [1.165, 1.54) is 0 Å². The summed E-state index contributed by atoms with van der Waals surface area (Å²) in [6, 6.07) is 1.38. The minimum Gasteiger partial charge on any atom is -0.476 e. The molecule has 21 heavy (non-hydrogen) atoms. The molecule has 1 aromatic rings. The lowest BCUT2D eigenvalue weighted by molar-refractivity contribution is -0.141. The van der Waals surface area contributed by atoms with Crippen LogP contribution < -0.4 is 10.5 Å². The average molecular weight is 306 g/mol. The Morgan fingerprint density at radius 3 is 2.24 bits per heavy atom. The van der Waals surface area contributed by atoms with E-state index in [1.807, 2.05) is 27.7 Å². The Hall–Kier alpha value is -1.57. The molecular formula is C13H21F3N4O. The quantitative estimate of drug-likeness (QED) is 0.875. The Morgan fingerprint density at radius 2 is 1.76 bits per heavy atom. The number of alkyl halides is 3. The lowest BCUT2D eigenvalue weighted by Gasteiger charge is -2.30. The fourth-order valence-corrected chi connectivity index (χ4v) is 2.03. The first-order chi connectivity index (χ1) is 9.61. The molecule has 8 heteroatoms. The maximum absolute atomic E-state index is 12.6. The normalized spacial score (nSPS) is 12.5. The van der Waals surface area contributed by atoms with E-state index in [-0.39, 0.29) is 12.5 Å². The van der Waals surface area contributed by atoms with Crippen LogP contribution >= 0.6 is 0 Å². The largest absolute Gasteiger partial charge is 0.476 e. The first-order valence-corrected chi connectivity index (χ1v) is 6.71. The number of nitrogens with zero attached hydrogens (tertiary/aromatic N) is 3. The van der Waals surface area contributed by atoms with Crippen molar-refractivity contribution in [2.45, 2.75) is 46.0 Å². The van der Waals surface area contributed by atoms with Gasteiger partial charge < -0.3 is 10.5 Å². The molecule has 0 radical (unpaired) electrons. The molecule has 0 fully saturated rings. The highest BCUT2D eigenvalue weighted by Gasteiger charge is 2.33. The fourth-order valence-electron chi connectivity index (χ4n) is 2.03. The fraction of sp³-hybridized carbons (Fsp3) is 0.692. The molecule has 0 atom stereocenters. The van der Waals surface area contributed by atoms with Crippen LogP contribution in [0.3, 0.4) is 0 Å². The maximum Gasteiger partial charge on any atom is 0.433 e. The van der Waals surface area contributed by atoms with E-state index in [0.29, 0.717) is 18.6 Å². The van der Waals surface area contributed by atoms with Crippen LogP contribution in [0.15, 0.2) is 6.07 Å². The van der Waals surface area contributed by atoms with Crippen molar-refractivity contribution >= 4 is 5.95 Å². The molecule has 120 valence electrons. The molecule has 0 bridgehead atoms. The Bertz CT molecular complexity index is 455. The van der Waals surface area contributed by atoms with Gasteiger partial charge in [0.2, 0.25) is 11.8 Å². The molecule has 0 aliphatic carbocycles. The zero-order chi connectivity index (χ0) is 16.2. The SMILES string of the molecule is CC(C)N(CCOc1cc(C(F)(F)F)nc(N)n1)C(C)C. The van der Waals surface area contributed by atoms with Gasteiger partial charge in [0.05, 0.1) is 0 Å². The van der Waals surface area contributed by atoms with Crippen molar-refractivity contribution in [2.75, 3.05) is 18.9 Å². The van der Waals surface area contributed by atoms with Crippen molar-refractivity contribution in [1.82, 2.24) is 14.9 Å². The molecule has 0 aliphatic rings. The average Bonchev–Trinajstić information content (AvgIpc) is 2.31. The number of nitrogen functional groups attached to an aromatic ring is 1. The zero-order valence-electron chi connectivity index (χ0n) is 12.6. The summed E-state index contributed by atoms with van der Waals surface area (Å²) in [5.41, 5.74) is 4.17. The van der Waals surface area contributed by atoms with Gasteiger partial charge in [0.1, 0.15) is 6.61 Å². The maximum atomic E-state index is 12.6. The van der Waals surface area contributed by atoms with E-state index < -0.39 is 17.8 Å². The van der Waals surface area contributed by atoms with Gasteiger partial charge in [-0.2, -0.15) is 18.2 Å². The van der Waals surface area contributed by atoms with Gasteiger partial charge in [0.15, 0.2) is 5.69 Å². The van der Waals surface area contributed by atoms with E-state index in [9.17, 15) is 13.2 Å². The van der Waals surface area contributed by atoms with Crippen LogP contribution in [0.25, 0.3) is 0 Å². The number of aromatic nitrogens is 2. The van der Waals surface area contributed by atoms with Crippen LogP contribution in [-0.2, 0) is 6.18 Å². The predicted molar refractivity (Wildman–Crippen MR) is 73.9 cm³/mol. The first kappa shape index (κ1) is 17.5. The number of ether oxygens (including phenoxy) is 1. The highest BCUT2D eigenvalue weighted by atomic mass is 19.4. The third-order valence-electron chi connectivity index (χ3n) is 2.94. The summed E-state index contributed by atoms with van der Waals surface area (Å²) in [7, 11) is 0. The van der Waals surface area contributed by atoms with E-state index in [2.05, 4.69) is 14.9 Å². The van der Waals surface area contributed by atoms with Gasteiger partial charge in [-0.15, -0.1) is 0 Å². The molecule has 0 saturated heterocycles. The smallest absolute Gasteiger partial charge is 0.433 e. The summed E-state index contributed by atoms with van der Waals surface area (Å²) >= 11 is 0. The van der Waals surface area contributed by atoms with E-state index in [4.69, 9.17) is 10.5 Å². The summed E-state index contributed by atoms with van der Waals surface area (Å²) in [5, 5.41) is 0. The predicted octanol–water partition coefficient (Wildman–Crippen LogP) is 2.58. The monoisotopic (exact) mass is 306 g/mol. The van der Waals surface area contributed by atoms with Gasteiger partial charge in [-0.25, -0.2) is 4.98 Å². The zero-order valence-corrected chi connectivity index (χ0v) is 12.6. The summed E-state index contributed by atoms with van der Waals surface area (Å²) in [5.74, 6) is -0.619. The molecule has 0 amide bonds. The highest BCUT2D eigenvalue weighted by Crippen LogP contribution is 2.29. The van der Waals surface area contributed by atoms with Gasteiger partial charge in [-0.05, 0) is 27.7 Å². The van der Waals surface area contributed by atoms with Crippen LogP contribution in [0.1, 0.15) is 33.4 Å². The molecule has 1 rings (SSSR count). The van der Waals surface area contributed by atoms with Gasteiger partial charge in [0, 0.05) is 24.7 Å². The highest BCUT2D eigenvalue weighted by molar-refractivity contribution is 5.27. The number of halogens is 3. The Morgan fingerprint density at radius 1 is 1.19 bits per heavy atom. The Labute approximate surface area is 122 Å². The van der Waals surface area contributed by atoms with E-state index in [1.54, 1.807) is 0 Å². The molecule has 0 aliphatic heterocycles. The summed E-state index contributed by atoms with van der Waals surface area (Å²) < 4.78 is 43.1. The minimum absolute atomic E-state index is 0.165. The first-order valence-electron chi connectivity index (χ1n) is 6.71. The van der Waals surface area contributed by atoms with Crippen molar-refractivity contribution in [1.29, 1.82) is 0 Å². The molecule has 0 aromatic carbocycles. The molecule has 1 aromatic heterocycles. The van der Waals surface area contributed by atoms with Gasteiger partial charge in [-0.1, -0.05) is 0 Å². The third-order valence-corrected chi connectivity index (χ3v) is 2.94. The number of anilines is 1. The molecule has 0 unspecified atom stereocenters. The Kier molecular flexibility index (Phi) is 5.77. The Balaban J connectivity index is 2.70. The molecule has 0 saturated carbocycles. The van der Waals surface area contributed by atoms with Crippen molar-refractivity contribution < 1.29 is 17.9 Å². The molecule has 0 spiro atoms. The molecule has 2 N–H and O–H groups in total. The van der Waals surface area contributed by atoms with Crippen LogP contribution in [0.5, 0.6) is 5.88 Å². The van der Waals surface area contributed by atoms with E-state index in [0.717, 1.165) is 6.07 Å². The molecule has 5 nitrogen and oxygen atoms in total. The lowest BCUT2D eigenvalue weighted by Crippen LogP contribution is -2.39. The number of nitrogens with two attached hydrogens (primary N) is 1. The van der Waals surface area contributed by atoms with Crippen molar-refractivity contribution in [2.24, 2.45) is 0 Å².